The van der Waals surface area contributed by atoms with Gasteiger partial charge in [-0.25, -0.2) is 4.79 Å². The molecular weight excluding hydrogens is 264 g/mol. The minimum atomic E-state index is 0.0328. The van der Waals surface area contributed by atoms with Crippen LogP contribution in [0.1, 0.15) is 12.5 Å². The molecule has 1 aliphatic heterocycles. The summed E-state index contributed by atoms with van der Waals surface area (Å²) in [6.07, 6.45) is 0. The van der Waals surface area contributed by atoms with E-state index in [1.807, 2.05) is 35.2 Å². The van der Waals surface area contributed by atoms with E-state index in [-0.39, 0.29) is 6.03 Å². The van der Waals surface area contributed by atoms with Crippen LogP contribution in [0.3, 0.4) is 0 Å². The molecule has 0 spiro atoms. The van der Waals surface area contributed by atoms with Gasteiger partial charge >= 0.3 is 6.03 Å². The highest BCUT2D eigenvalue weighted by Crippen LogP contribution is 2.06. The number of carbonyl (C=O) groups excluding carboxylic acids is 1. The first kappa shape index (κ1) is 15.8. The topological polar surface area (TPSA) is 61.6 Å². The summed E-state index contributed by atoms with van der Waals surface area (Å²) in [6, 6.07) is 10.0. The SMILES string of the molecule is CC(CN)CN1CCN(C(=O)NCc2ccccc2)CC1. The van der Waals surface area contributed by atoms with E-state index in [4.69, 9.17) is 5.73 Å². The van der Waals surface area contributed by atoms with Crippen LogP contribution in [0.4, 0.5) is 4.79 Å². The van der Waals surface area contributed by atoms with Crippen molar-refractivity contribution in [3.8, 4) is 0 Å². The molecule has 21 heavy (non-hydrogen) atoms. The Labute approximate surface area is 127 Å². The fourth-order valence-electron chi connectivity index (χ4n) is 2.53. The van der Waals surface area contributed by atoms with E-state index in [1.165, 1.54) is 0 Å². The number of carbonyl (C=O) groups is 1. The second kappa shape index (κ2) is 8.00. The zero-order valence-electron chi connectivity index (χ0n) is 12.8. The Morgan fingerprint density at radius 2 is 1.90 bits per heavy atom. The summed E-state index contributed by atoms with van der Waals surface area (Å²) in [5.74, 6) is 0.517. The first-order valence-electron chi connectivity index (χ1n) is 7.68. The molecule has 1 heterocycles. The first-order chi connectivity index (χ1) is 10.2. The van der Waals surface area contributed by atoms with E-state index in [0.717, 1.165) is 44.8 Å². The lowest BCUT2D eigenvalue weighted by Crippen LogP contribution is -2.52. The van der Waals surface area contributed by atoms with E-state index < -0.39 is 0 Å². The number of hydrogen-bond acceptors (Lipinski definition) is 3. The number of urea groups is 1. The Kier molecular flexibility index (Phi) is 6.02. The molecule has 0 radical (unpaired) electrons. The van der Waals surface area contributed by atoms with Gasteiger partial charge in [-0.2, -0.15) is 0 Å². The summed E-state index contributed by atoms with van der Waals surface area (Å²) in [5, 5.41) is 2.98. The van der Waals surface area contributed by atoms with Crippen molar-refractivity contribution in [2.75, 3.05) is 39.3 Å². The summed E-state index contributed by atoms with van der Waals surface area (Å²) in [4.78, 5) is 16.4. The maximum absolute atomic E-state index is 12.1. The highest BCUT2D eigenvalue weighted by atomic mass is 16.2. The largest absolute Gasteiger partial charge is 0.334 e. The van der Waals surface area contributed by atoms with Gasteiger partial charge in [0.25, 0.3) is 0 Å². The van der Waals surface area contributed by atoms with Gasteiger partial charge in [0.2, 0.25) is 0 Å². The lowest BCUT2D eigenvalue weighted by Gasteiger charge is -2.35. The molecule has 116 valence electrons. The molecule has 0 bridgehead atoms. The molecule has 0 aromatic heterocycles. The van der Waals surface area contributed by atoms with Gasteiger partial charge in [-0.15, -0.1) is 0 Å². The van der Waals surface area contributed by atoms with Crippen molar-refractivity contribution < 1.29 is 4.79 Å². The number of hydrogen-bond donors (Lipinski definition) is 2. The third-order valence-electron chi connectivity index (χ3n) is 3.92. The minimum absolute atomic E-state index is 0.0328. The van der Waals surface area contributed by atoms with Crippen molar-refractivity contribution in [1.82, 2.24) is 15.1 Å². The van der Waals surface area contributed by atoms with Gasteiger partial charge in [0.05, 0.1) is 0 Å². The summed E-state index contributed by atoms with van der Waals surface area (Å²) in [5.41, 5.74) is 6.78. The van der Waals surface area contributed by atoms with Crippen LogP contribution in [-0.2, 0) is 6.54 Å². The average molecular weight is 290 g/mol. The second-order valence-corrected chi connectivity index (χ2v) is 5.77. The van der Waals surface area contributed by atoms with Crippen LogP contribution in [0.5, 0.6) is 0 Å². The van der Waals surface area contributed by atoms with Crippen LogP contribution in [0, 0.1) is 5.92 Å². The van der Waals surface area contributed by atoms with Crippen molar-refractivity contribution >= 4 is 6.03 Å². The van der Waals surface area contributed by atoms with Gasteiger partial charge in [0, 0.05) is 39.3 Å². The van der Waals surface area contributed by atoms with Crippen LogP contribution in [-0.4, -0.2) is 55.1 Å². The molecule has 1 saturated heterocycles. The molecule has 0 aliphatic carbocycles. The Bertz CT molecular complexity index is 429. The molecule has 3 N–H and O–H groups in total. The molecule has 1 atom stereocenters. The van der Waals surface area contributed by atoms with Crippen LogP contribution < -0.4 is 11.1 Å². The number of benzene rings is 1. The molecule has 2 amide bonds. The van der Waals surface area contributed by atoms with E-state index in [0.29, 0.717) is 12.5 Å². The lowest BCUT2D eigenvalue weighted by molar-refractivity contribution is 0.130. The maximum Gasteiger partial charge on any atom is 0.317 e. The third-order valence-corrected chi connectivity index (χ3v) is 3.92. The van der Waals surface area contributed by atoms with Crippen molar-refractivity contribution in [2.24, 2.45) is 11.7 Å². The minimum Gasteiger partial charge on any atom is -0.334 e. The summed E-state index contributed by atoms with van der Waals surface area (Å²) in [7, 11) is 0. The lowest BCUT2D eigenvalue weighted by atomic mass is 10.1. The summed E-state index contributed by atoms with van der Waals surface area (Å²) >= 11 is 0. The van der Waals surface area contributed by atoms with Crippen LogP contribution in [0.2, 0.25) is 0 Å². The Balaban J connectivity index is 1.70. The zero-order valence-corrected chi connectivity index (χ0v) is 12.8. The average Bonchev–Trinajstić information content (AvgIpc) is 2.54. The first-order valence-corrected chi connectivity index (χ1v) is 7.68. The zero-order chi connectivity index (χ0) is 15.1. The number of piperazine rings is 1. The van der Waals surface area contributed by atoms with Crippen molar-refractivity contribution in [1.29, 1.82) is 0 Å². The van der Waals surface area contributed by atoms with Gasteiger partial charge in [-0.1, -0.05) is 37.3 Å². The molecule has 1 aromatic carbocycles. The number of nitrogens with two attached hydrogens (primary N) is 1. The van der Waals surface area contributed by atoms with Crippen LogP contribution >= 0.6 is 0 Å². The maximum atomic E-state index is 12.1. The van der Waals surface area contributed by atoms with Gasteiger partial charge in [0.1, 0.15) is 0 Å². The Hall–Kier alpha value is -1.59. The van der Waals surface area contributed by atoms with Crippen molar-refractivity contribution in [2.45, 2.75) is 13.5 Å². The fraction of sp³-hybridized carbons (Fsp3) is 0.562. The van der Waals surface area contributed by atoms with E-state index in [9.17, 15) is 4.79 Å². The molecule has 1 aliphatic rings. The molecule has 5 nitrogen and oxygen atoms in total. The standard InChI is InChI=1S/C16H26N4O/c1-14(11-17)13-19-7-9-20(10-8-19)16(21)18-12-15-5-3-2-4-6-15/h2-6,14H,7-13,17H2,1H3,(H,18,21). The number of rotatable bonds is 5. The van der Waals surface area contributed by atoms with E-state index in [1.54, 1.807) is 0 Å². The van der Waals surface area contributed by atoms with Gasteiger partial charge < -0.3 is 16.0 Å². The summed E-state index contributed by atoms with van der Waals surface area (Å²) in [6.45, 7) is 7.94. The van der Waals surface area contributed by atoms with Gasteiger partial charge in [-0.3, -0.25) is 4.90 Å². The normalized spacial score (nSPS) is 17.5. The predicted molar refractivity (Wildman–Crippen MR) is 84.9 cm³/mol. The number of amides is 2. The van der Waals surface area contributed by atoms with Crippen LogP contribution in [0.15, 0.2) is 30.3 Å². The fourth-order valence-corrected chi connectivity index (χ4v) is 2.53. The van der Waals surface area contributed by atoms with Gasteiger partial charge in [-0.05, 0) is 18.0 Å². The third kappa shape index (κ3) is 5.02. The quantitative estimate of drug-likeness (QED) is 0.854. The molecule has 0 saturated carbocycles. The van der Waals surface area contributed by atoms with Gasteiger partial charge in [0.15, 0.2) is 0 Å². The van der Waals surface area contributed by atoms with Crippen molar-refractivity contribution in [3.63, 3.8) is 0 Å². The molecule has 1 fully saturated rings. The second-order valence-electron chi connectivity index (χ2n) is 5.77. The van der Waals surface area contributed by atoms with Crippen LogP contribution in [0.25, 0.3) is 0 Å². The molecule has 5 heteroatoms. The Morgan fingerprint density at radius 1 is 1.24 bits per heavy atom. The highest BCUT2D eigenvalue weighted by Gasteiger charge is 2.21. The van der Waals surface area contributed by atoms with Crippen molar-refractivity contribution in [3.05, 3.63) is 35.9 Å². The monoisotopic (exact) mass is 290 g/mol. The molecular formula is C16H26N4O. The van der Waals surface area contributed by atoms with E-state index >= 15 is 0 Å². The summed E-state index contributed by atoms with van der Waals surface area (Å²) < 4.78 is 0. The smallest absolute Gasteiger partial charge is 0.317 e. The molecule has 2 rings (SSSR count). The number of nitrogens with one attached hydrogen (secondary N) is 1. The molecule has 1 unspecified atom stereocenters. The Morgan fingerprint density at radius 3 is 2.52 bits per heavy atom. The number of nitrogens with zero attached hydrogens (tertiary/aromatic N) is 2. The molecule has 1 aromatic rings. The highest BCUT2D eigenvalue weighted by molar-refractivity contribution is 5.74. The van der Waals surface area contributed by atoms with E-state index in [2.05, 4.69) is 17.1 Å². The predicted octanol–water partition coefficient (Wildman–Crippen LogP) is 1.11.